The van der Waals surface area contributed by atoms with E-state index in [4.69, 9.17) is 4.74 Å². The van der Waals surface area contributed by atoms with Crippen LogP contribution in [-0.4, -0.2) is 33.6 Å². The Bertz CT molecular complexity index is 512. The van der Waals surface area contributed by atoms with Crippen molar-refractivity contribution in [3.63, 3.8) is 0 Å². The van der Waals surface area contributed by atoms with E-state index < -0.39 is 9.84 Å². The van der Waals surface area contributed by atoms with Crippen molar-refractivity contribution >= 4 is 9.84 Å². The first-order valence-corrected chi connectivity index (χ1v) is 8.99. The van der Waals surface area contributed by atoms with Gasteiger partial charge in [0.1, 0.15) is 15.6 Å². The summed E-state index contributed by atoms with van der Waals surface area (Å²) in [5, 5.41) is 3.23. The van der Waals surface area contributed by atoms with Crippen LogP contribution in [0.5, 0.6) is 5.75 Å². The van der Waals surface area contributed by atoms with Crippen LogP contribution in [0, 0.1) is 0 Å². The van der Waals surface area contributed by atoms with Crippen molar-refractivity contribution in [2.24, 2.45) is 0 Å². The van der Waals surface area contributed by atoms with Crippen molar-refractivity contribution in [1.29, 1.82) is 0 Å². The van der Waals surface area contributed by atoms with Gasteiger partial charge in [-0.15, -0.1) is 0 Å². The standard InChI is InChI=1S/C15H25NO3S/c1-12(2)19-14-8-5-7-13(11-14)15(16-3)9-6-10-20(4,17)18/h5,7-8,11-12,15-16H,6,9-10H2,1-4H3. The molecule has 0 aliphatic heterocycles. The number of rotatable bonds is 8. The molecule has 0 bridgehead atoms. The second-order valence-electron chi connectivity index (χ2n) is 5.35. The molecule has 0 aromatic heterocycles. The molecular formula is C15H25NO3S. The maximum atomic E-state index is 11.2. The van der Waals surface area contributed by atoms with E-state index in [-0.39, 0.29) is 17.9 Å². The Morgan fingerprint density at radius 3 is 2.55 bits per heavy atom. The highest BCUT2D eigenvalue weighted by molar-refractivity contribution is 7.90. The molecule has 1 N–H and O–H groups in total. The van der Waals surface area contributed by atoms with Crippen molar-refractivity contribution < 1.29 is 13.2 Å². The predicted molar refractivity (Wildman–Crippen MR) is 83.0 cm³/mol. The largest absolute Gasteiger partial charge is 0.491 e. The fourth-order valence-electron chi connectivity index (χ4n) is 2.10. The van der Waals surface area contributed by atoms with Crippen molar-refractivity contribution in [3.05, 3.63) is 29.8 Å². The minimum Gasteiger partial charge on any atom is -0.491 e. The third-order valence-corrected chi connectivity index (χ3v) is 4.02. The average Bonchev–Trinajstić information content (AvgIpc) is 2.33. The number of hydrogen-bond acceptors (Lipinski definition) is 4. The molecule has 0 aliphatic carbocycles. The molecule has 0 radical (unpaired) electrons. The number of hydrogen-bond donors (Lipinski definition) is 1. The number of sulfone groups is 1. The van der Waals surface area contributed by atoms with Gasteiger partial charge >= 0.3 is 0 Å². The maximum Gasteiger partial charge on any atom is 0.147 e. The molecule has 1 aromatic rings. The Hall–Kier alpha value is -1.07. The van der Waals surface area contributed by atoms with Gasteiger partial charge in [-0.1, -0.05) is 12.1 Å². The summed E-state index contributed by atoms with van der Waals surface area (Å²) in [7, 11) is -0.997. The molecule has 0 saturated carbocycles. The van der Waals surface area contributed by atoms with Crippen molar-refractivity contribution in [3.8, 4) is 5.75 Å². The Balaban J connectivity index is 2.69. The van der Waals surface area contributed by atoms with Crippen LogP contribution in [0.2, 0.25) is 0 Å². The van der Waals surface area contributed by atoms with E-state index in [9.17, 15) is 8.42 Å². The first kappa shape index (κ1) is 17.0. The van der Waals surface area contributed by atoms with E-state index in [1.807, 2.05) is 45.2 Å². The average molecular weight is 299 g/mol. The minimum absolute atomic E-state index is 0.142. The van der Waals surface area contributed by atoms with Crippen LogP contribution in [0.3, 0.4) is 0 Å². The molecule has 0 spiro atoms. The number of benzene rings is 1. The van der Waals surface area contributed by atoms with Crippen molar-refractivity contribution in [2.45, 2.75) is 38.8 Å². The quantitative estimate of drug-likeness (QED) is 0.801. The summed E-state index contributed by atoms with van der Waals surface area (Å²) in [5.74, 6) is 1.08. The van der Waals surface area contributed by atoms with Crippen molar-refractivity contribution in [2.75, 3.05) is 19.1 Å². The van der Waals surface area contributed by atoms with E-state index in [2.05, 4.69) is 5.32 Å². The number of nitrogens with one attached hydrogen (secondary N) is 1. The van der Waals surface area contributed by atoms with Gasteiger partial charge in [-0.25, -0.2) is 8.42 Å². The number of ether oxygens (including phenoxy) is 1. The van der Waals surface area contributed by atoms with Crippen LogP contribution in [0.1, 0.15) is 38.3 Å². The Labute approximate surface area is 122 Å². The first-order valence-electron chi connectivity index (χ1n) is 6.93. The molecule has 0 saturated heterocycles. The summed E-state index contributed by atoms with van der Waals surface area (Å²) in [5.41, 5.74) is 1.12. The van der Waals surface area contributed by atoms with Gasteiger partial charge in [0, 0.05) is 18.1 Å². The zero-order valence-corrected chi connectivity index (χ0v) is 13.5. The topological polar surface area (TPSA) is 55.4 Å². The Morgan fingerprint density at radius 2 is 2.00 bits per heavy atom. The predicted octanol–water partition coefficient (Wildman–Crippen LogP) is 2.56. The van der Waals surface area contributed by atoms with Gasteiger partial charge in [-0.05, 0) is 51.4 Å². The van der Waals surface area contributed by atoms with E-state index in [0.717, 1.165) is 17.7 Å². The summed E-state index contributed by atoms with van der Waals surface area (Å²) in [6.45, 7) is 3.99. The highest BCUT2D eigenvalue weighted by atomic mass is 32.2. The Morgan fingerprint density at radius 1 is 1.30 bits per heavy atom. The molecule has 20 heavy (non-hydrogen) atoms. The van der Waals surface area contributed by atoms with Crippen LogP contribution in [0.15, 0.2) is 24.3 Å². The molecule has 114 valence electrons. The third-order valence-electron chi connectivity index (χ3n) is 2.99. The third kappa shape index (κ3) is 6.39. The molecule has 0 aliphatic rings. The lowest BCUT2D eigenvalue weighted by Gasteiger charge is -2.18. The fraction of sp³-hybridized carbons (Fsp3) is 0.600. The van der Waals surface area contributed by atoms with Gasteiger partial charge in [0.25, 0.3) is 0 Å². The summed E-state index contributed by atoms with van der Waals surface area (Å²) in [6.07, 6.45) is 2.86. The van der Waals surface area contributed by atoms with Gasteiger partial charge in [-0.2, -0.15) is 0 Å². The first-order chi connectivity index (χ1) is 9.31. The fourth-order valence-corrected chi connectivity index (χ4v) is 2.80. The molecular weight excluding hydrogens is 274 g/mol. The van der Waals surface area contributed by atoms with Gasteiger partial charge in [0.2, 0.25) is 0 Å². The van der Waals surface area contributed by atoms with E-state index in [1.54, 1.807) is 0 Å². The molecule has 1 unspecified atom stereocenters. The van der Waals surface area contributed by atoms with Crippen LogP contribution >= 0.6 is 0 Å². The highest BCUT2D eigenvalue weighted by Gasteiger charge is 2.12. The Kier molecular flexibility index (Phi) is 6.49. The van der Waals surface area contributed by atoms with Crippen LogP contribution in [0.4, 0.5) is 0 Å². The van der Waals surface area contributed by atoms with E-state index in [1.165, 1.54) is 6.26 Å². The van der Waals surface area contributed by atoms with E-state index >= 15 is 0 Å². The monoisotopic (exact) mass is 299 g/mol. The molecule has 0 fully saturated rings. The lowest BCUT2D eigenvalue weighted by Crippen LogP contribution is -2.18. The normalized spacial score (nSPS) is 13.4. The molecule has 1 rings (SSSR count). The van der Waals surface area contributed by atoms with Crippen molar-refractivity contribution in [1.82, 2.24) is 5.32 Å². The second-order valence-corrected chi connectivity index (χ2v) is 7.61. The maximum absolute atomic E-state index is 11.2. The lowest BCUT2D eigenvalue weighted by molar-refractivity contribution is 0.242. The molecule has 1 atom stereocenters. The van der Waals surface area contributed by atoms with Crippen LogP contribution in [0.25, 0.3) is 0 Å². The van der Waals surface area contributed by atoms with Gasteiger partial charge < -0.3 is 10.1 Å². The molecule has 1 aromatic carbocycles. The SMILES string of the molecule is CNC(CCCS(C)(=O)=O)c1cccc(OC(C)C)c1. The molecule has 5 heteroatoms. The summed E-state index contributed by atoms with van der Waals surface area (Å²) in [4.78, 5) is 0. The lowest BCUT2D eigenvalue weighted by atomic mass is 10.0. The molecule has 0 amide bonds. The minimum atomic E-state index is -2.89. The highest BCUT2D eigenvalue weighted by Crippen LogP contribution is 2.23. The summed E-state index contributed by atoms with van der Waals surface area (Å²) >= 11 is 0. The zero-order valence-electron chi connectivity index (χ0n) is 12.7. The van der Waals surface area contributed by atoms with Gasteiger partial charge in [0.05, 0.1) is 6.10 Å². The summed E-state index contributed by atoms with van der Waals surface area (Å²) < 4.78 is 28.0. The summed E-state index contributed by atoms with van der Waals surface area (Å²) in [6, 6.07) is 8.10. The van der Waals surface area contributed by atoms with Crippen LogP contribution in [-0.2, 0) is 9.84 Å². The second kappa shape index (κ2) is 7.64. The zero-order chi connectivity index (χ0) is 15.2. The smallest absolute Gasteiger partial charge is 0.147 e. The molecule has 4 nitrogen and oxygen atoms in total. The molecule has 0 heterocycles. The van der Waals surface area contributed by atoms with E-state index in [0.29, 0.717) is 6.42 Å². The van der Waals surface area contributed by atoms with Gasteiger partial charge in [-0.3, -0.25) is 0 Å². The van der Waals surface area contributed by atoms with Crippen LogP contribution < -0.4 is 10.1 Å². The van der Waals surface area contributed by atoms with Gasteiger partial charge in [0.15, 0.2) is 0 Å².